The van der Waals surface area contributed by atoms with Crippen molar-refractivity contribution in [3.63, 3.8) is 0 Å². The third-order valence-electron chi connectivity index (χ3n) is 6.48. The molecule has 0 radical (unpaired) electrons. The van der Waals surface area contributed by atoms with E-state index in [9.17, 15) is 0 Å². The molecule has 150 valence electrons. The van der Waals surface area contributed by atoms with Gasteiger partial charge in [-0.1, -0.05) is 36.4 Å². The zero-order valence-corrected chi connectivity index (χ0v) is 18.4. The maximum absolute atomic E-state index is 6.38. The molecule has 30 heavy (non-hydrogen) atoms. The number of aromatic nitrogens is 2. The minimum absolute atomic E-state index is 0.313. The van der Waals surface area contributed by atoms with Crippen molar-refractivity contribution in [1.82, 2.24) is 9.97 Å². The standard InChI is InChI=1S/C25H22ClN3S/c1-15-12-19-8-4-5-9-21(19)29(15)23-22-20(14-30-24(22)28-25(26)27-23)18-11-10-16-6-2-3-7-17(16)13-18/h4-5,8-11,13-15H,2-3,6-7,12H2,1H3. The van der Waals surface area contributed by atoms with Gasteiger partial charge < -0.3 is 4.90 Å². The Labute approximate surface area is 185 Å². The number of benzene rings is 2. The van der Waals surface area contributed by atoms with Crippen LogP contribution in [-0.2, 0) is 19.3 Å². The van der Waals surface area contributed by atoms with Crippen LogP contribution in [-0.4, -0.2) is 16.0 Å². The lowest BCUT2D eigenvalue weighted by Gasteiger charge is -2.25. The summed E-state index contributed by atoms with van der Waals surface area (Å²) >= 11 is 8.04. The third-order valence-corrected chi connectivity index (χ3v) is 7.52. The van der Waals surface area contributed by atoms with E-state index in [1.807, 2.05) is 0 Å². The van der Waals surface area contributed by atoms with Crippen molar-refractivity contribution in [2.45, 2.75) is 45.1 Å². The molecule has 6 rings (SSSR count). The average molecular weight is 432 g/mol. The Kier molecular flexibility index (Phi) is 4.32. The van der Waals surface area contributed by atoms with Crippen LogP contribution in [0.2, 0.25) is 5.28 Å². The number of aryl methyl sites for hydroxylation is 2. The number of thiophene rings is 1. The van der Waals surface area contributed by atoms with E-state index in [4.69, 9.17) is 16.6 Å². The molecule has 3 nitrogen and oxygen atoms in total. The highest BCUT2D eigenvalue weighted by Gasteiger charge is 2.31. The van der Waals surface area contributed by atoms with E-state index in [-0.39, 0.29) is 0 Å². The van der Waals surface area contributed by atoms with Crippen LogP contribution in [0.5, 0.6) is 0 Å². The fraction of sp³-hybridized carbons (Fsp3) is 0.280. The molecule has 1 aliphatic heterocycles. The fourth-order valence-corrected chi connectivity index (χ4v) is 6.23. The van der Waals surface area contributed by atoms with E-state index in [2.05, 4.69) is 64.7 Å². The van der Waals surface area contributed by atoms with Gasteiger partial charge in [-0.15, -0.1) is 11.3 Å². The molecule has 2 aliphatic rings. The highest BCUT2D eigenvalue weighted by molar-refractivity contribution is 7.17. The summed E-state index contributed by atoms with van der Waals surface area (Å²) in [6.45, 7) is 2.26. The molecule has 2 aromatic heterocycles. The SMILES string of the molecule is CC1Cc2ccccc2N1c1nc(Cl)nc2scc(-c3ccc4c(c3)CCCC4)c12. The number of rotatable bonds is 2. The van der Waals surface area contributed by atoms with Gasteiger partial charge in [0.05, 0.1) is 5.39 Å². The average Bonchev–Trinajstić information content (AvgIpc) is 3.33. The predicted molar refractivity (Wildman–Crippen MR) is 126 cm³/mol. The Morgan fingerprint density at radius 3 is 2.73 bits per heavy atom. The third kappa shape index (κ3) is 2.85. The molecule has 0 spiro atoms. The van der Waals surface area contributed by atoms with Gasteiger partial charge in [-0.25, -0.2) is 4.98 Å². The van der Waals surface area contributed by atoms with E-state index >= 15 is 0 Å². The normalized spacial score (nSPS) is 17.9. The van der Waals surface area contributed by atoms with Crippen molar-refractivity contribution in [2.24, 2.45) is 0 Å². The van der Waals surface area contributed by atoms with Gasteiger partial charge in [-0.3, -0.25) is 0 Å². The van der Waals surface area contributed by atoms with Crippen LogP contribution in [0.25, 0.3) is 21.3 Å². The van der Waals surface area contributed by atoms with Crippen LogP contribution < -0.4 is 4.90 Å². The summed E-state index contributed by atoms with van der Waals surface area (Å²) in [5.74, 6) is 0.927. The topological polar surface area (TPSA) is 29.0 Å². The monoisotopic (exact) mass is 431 g/mol. The van der Waals surface area contributed by atoms with Crippen LogP contribution in [0.3, 0.4) is 0 Å². The first-order valence-corrected chi connectivity index (χ1v) is 11.9. The summed E-state index contributed by atoms with van der Waals surface area (Å²) in [4.78, 5) is 12.6. The zero-order chi connectivity index (χ0) is 20.2. The molecule has 1 unspecified atom stereocenters. The number of hydrogen-bond acceptors (Lipinski definition) is 4. The molecule has 3 heterocycles. The predicted octanol–water partition coefficient (Wildman–Crippen LogP) is 6.97. The molecule has 0 amide bonds. The number of fused-ring (bicyclic) bond motifs is 3. The van der Waals surface area contributed by atoms with Gasteiger partial charge in [0.25, 0.3) is 0 Å². The number of nitrogens with zero attached hydrogens (tertiary/aromatic N) is 3. The van der Waals surface area contributed by atoms with Crippen molar-refractivity contribution in [3.05, 3.63) is 69.8 Å². The molecule has 2 aromatic carbocycles. The van der Waals surface area contributed by atoms with Gasteiger partial charge in [0.15, 0.2) is 0 Å². The van der Waals surface area contributed by atoms with Crippen LogP contribution >= 0.6 is 22.9 Å². The number of para-hydroxylation sites is 1. The molecule has 0 N–H and O–H groups in total. The van der Waals surface area contributed by atoms with Gasteiger partial charge in [-0.2, -0.15) is 4.98 Å². The van der Waals surface area contributed by atoms with Gasteiger partial charge in [-0.05, 0) is 78.9 Å². The lowest BCUT2D eigenvalue weighted by Crippen LogP contribution is -2.25. The van der Waals surface area contributed by atoms with Crippen molar-refractivity contribution in [2.75, 3.05) is 4.90 Å². The second kappa shape index (κ2) is 7.07. The Morgan fingerprint density at radius 2 is 1.83 bits per heavy atom. The second-order valence-corrected chi connectivity index (χ2v) is 9.58. The van der Waals surface area contributed by atoms with Gasteiger partial charge >= 0.3 is 0 Å². The quantitative estimate of drug-likeness (QED) is 0.321. The lowest BCUT2D eigenvalue weighted by atomic mass is 9.89. The second-order valence-electron chi connectivity index (χ2n) is 8.39. The molecular weight excluding hydrogens is 410 g/mol. The van der Waals surface area contributed by atoms with Crippen LogP contribution in [0.15, 0.2) is 47.8 Å². The number of hydrogen-bond donors (Lipinski definition) is 0. The minimum atomic E-state index is 0.313. The Morgan fingerprint density at radius 1 is 1.00 bits per heavy atom. The summed E-state index contributed by atoms with van der Waals surface area (Å²) in [5.41, 5.74) is 8.06. The highest BCUT2D eigenvalue weighted by atomic mass is 35.5. The van der Waals surface area contributed by atoms with E-state index in [0.717, 1.165) is 22.5 Å². The molecule has 0 fully saturated rings. The molecule has 5 heteroatoms. The summed E-state index contributed by atoms with van der Waals surface area (Å²) < 4.78 is 0. The smallest absolute Gasteiger partial charge is 0.225 e. The molecule has 0 bridgehead atoms. The highest BCUT2D eigenvalue weighted by Crippen LogP contribution is 2.45. The summed E-state index contributed by atoms with van der Waals surface area (Å²) in [6, 6.07) is 15.9. The van der Waals surface area contributed by atoms with E-state index < -0.39 is 0 Å². The lowest BCUT2D eigenvalue weighted by molar-refractivity contribution is 0.686. The maximum atomic E-state index is 6.38. The summed E-state index contributed by atoms with van der Waals surface area (Å²) in [6.07, 6.45) is 5.98. The Hall–Kier alpha value is -2.43. The molecule has 4 aromatic rings. The zero-order valence-electron chi connectivity index (χ0n) is 16.9. The van der Waals surface area contributed by atoms with E-state index in [1.165, 1.54) is 59.2 Å². The van der Waals surface area contributed by atoms with Crippen molar-refractivity contribution in [1.29, 1.82) is 0 Å². The Balaban J connectivity index is 1.57. The van der Waals surface area contributed by atoms with Crippen molar-refractivity contribution in [3.8, 4) is 11.1 Å². The molecule has 1 atom stereocenters. The number of halogens is 1. The molecule has 0 saturated heterocycles. The first-order valence-electron chi connectivity index (χ1n) is 10.6. The summed E-state index contributed by atoms with van der Waals surface area (Å²) in [7, 11) is 0. The molecule has 0 saturated carbocycles. The van der Waals surface area contributed by atoms with Gasteiger partial charge in [0.2, 0.25) is 5.28 Å². The van der Waals surface area contributed by atoms with Crippen molar-refractivity contribution >= 4 is 44.7 Å². The van der Waals surface area contributed by atoms with Crippen LogP contribution in [0.4, 0.5) is 11.5 Å². The van der Waals surface area contributed by atoms with E-state index in [1.54, 1.807) is 11.3 Å². The first-order chi connectivity index (χ1) is 14.7. The fourth-order valence-electron chi connectivity index (χ4n) is 5.07. The van der Waals surface area contributed by atoms with Crippen LogP contribution in [0, 0.1) is 0 Å². The molecule has 1 aliphatic carbocycles. The Bertz CT molecular complexity index is 1280. The maximum Gasteiger partial charge on any atom is 0.225 e. The summed E-state index contributed by atoms with van der Waals surface area (Å²) in [5, 5.41) is 3.65. The van der Waals surface area contributed by atoms with Gasteiger partial charge in [0, 0.05) is 22.7 Å². The first kappa shape index (κ1) is 18.3. The van der Waals surface area contributed by atoms with Crippen molar-refractivity contribution < 1.29 is 0 Å². The largest absolute Gasteiger partial charge is 0.322 e. The molecular formula is C25H22ClN3S. The minimum Gasteiger partial charge on any atom is -0.322 e. The number of anilines is 2. The van der Waals surface area contributed by atoms with E-state index in [0.29, 0.717) is 11.3 Å². The van der Waals surface area contributed by atoms with Crippen LogP contribution in [0.1, 0.15) is 36.5 Å². The van der Waals surface area contributed by atoms with Gasteiger partial charge in [0.1, 0.15) is 10.6 Å².